The normalized spacial score (nSPS) is 13.5. The van der Waals surface area contributed by atoms with Crippen molar-refractivity contribution in [3.63, 3.8) is 0 Å². The molecule has 6 heteroatoms. The standard InChI is InChI=1S/C13H15N5O/c14-11-12(16-7-17-13(11)19)18-9-3-4-10-8(6-9)2-1-5-15-10/h3-4,6-7,15H,1-2,5,14H2,(H2,16,17,18,19). The minimum absolute atomic E-state index is 0.0957. The van der Waals surface area contributed by atoms with Crippen molar-refractivity contribution in [2.75, 3.05) is 22.9 Å². The highest BCUT2D eigenvalue weighted by Gasteiger charge is 2.10. The molecule has 6 nitrogen and oxygen atoms in total. The second kappa shape index (κ2) is 4.64. The molecule has 0 spiro atoms. The van der Waals surface area contributed by atoms with Gasteiger partial charge < -0.3 is 21.4 Å². The van der Waals surface area contributed by atoms with Crippen LogP contribution in [0, 0.1) is 0 Å². The highest BCUT2D eigenvalue weighted by molar-refractivity contribution is 5.70. The monoisotopic (exact) mass is 257 g/mol. The molecule has 2 aromatic rings. The van der Waals surface area contributed by atoms with Gasteiger partial charge in [-0.2, -0.15) is 0 Å². The summed E-state index contributed by atoms with van der Waals surface area (Å²) in [7, 11) is 0. The molecule has 0 bridgehead atoms. The van der Waals surface area contributed by atoms with E-state index in [4.69, 9.17) is 5.73 Å². The molecule has 0 amide bonds. The van der Waals surface area contributed by atoms with Gasteiger partial charge in [-0.1, -0.05) is 0 Å². The van der Waals surface area contributed by atoms with Crippen molar-refractivity contribution in [3.05, 3.63) is 40.4 Å². The number of anilines is 4. The second-order valence-corrected chi connectivity index (χ2v) is 4.52. The van der Waals surface area contributed by atoms with E-state index in [0.717, 1.165) is 25.1 Å². The minimum Gasteiger partial charge on any atom is -0.391 e. The molecule has 0 aliphatic carbocycles. The van der Waals surface area contributed by atoms with Gasteiger partial charge in [-0.25, -0.2) is 4.98 Å². The van der Waals surface area contributed by atoms with Crippen molar-refractivity contribution in [2.45, 2.75) is 12.8 Å². The van der Waals surface area contributed by atoms with Crippen molar-refractivity contribution in [1.82, 2.24) is 9.97 Å². The SMILES string of the molecule is Nc1c(Nc2ccc3c(c2)CCCN3)nc[nH]c1=O. The number of aryl methyl sites for hydroxylation is 1. The number of nitrogens with two attached hydrogens (primary N) is 1. The lowest BCUT2D eigenvalue weighted by Gasteiger charge is -2.19. The molecule has 3 rings (SSSR count). The highest BCUT2D eigenvalue weighted by atomic mass is 16.1. The quantitative estimate of drug-likeness (QED) is 0.653. The Morgan fingerprint density at radius 3 is 3.16 bits per heavy atom. The van der Waals surface area contributed by atoms with Gasteiger partial charge in [0.1, 0.15) is 5.69 Å². The van der Waals surface area contributed by atoms with Crippen molar-refractivity contribution in [2.24, 2.45) is 0 Å². The molecule has 0 saturated heterocycles. The number of nitrogens with zero attached hydrogens (tertiary/aromatic N) is 1. The van der Waals surface area contributed by atoms with E-state index >= 15 is 0 Å². The van der Waals surface area contributed by atoms with E-state index in [0.29, 0.717) is 5.82 Å². The van der Waals surface area contributed by atoms with Crippen molar-refractivity contribution >= 4 is 22.9 Å². The van der Waals surface area contributed by atoms with E-state index in [2.05, 4.69) is 26.7 Å². The van der Waals surface area contributed by atoms with Crippen LogP contribution in [0.5, 0.6) is 0 Å². The summed E-state index contributed by atoms with van der Waals surface area (Å²) in [6.07, 6.45) is 3.51. The van der Waals surface area contributed by atoms with Crippen LogP contribution in [0.15, 0.2) is 29.3 Å². The number of aromatic amines is 1. The van der Waals surface area contributed by atoms with Crippen LogP contribution in [-0.4, -0.2) is 16.5 Å². The van der Waals surface area contributed by atoms with Gasteiger partial charge in [0.25, 0.3) is 5.56 Å². The first kappa shape index (κ1) is 11.6. The van der Waals surface area contributed by atoms with E-state index in [1.807, 2.05) is 12.1 Å². The summed E-state index contributed by atoms with van der Waals surface area (Å²) in [5.74, 6) is 0.382. The number of rotatable bonds is 2. The highest BCUT2D eigenvalue weighted by Crippen LogP contribution is 2.27. The Kier molecular flexibility index (Phi) is 2.83. The largest absolute Gasteiger partial charge is 0.391 e. The molecule has 0 atom stereocenters. The van der Waals surface area contributed by atoms with Crippen LogP contribution in [0.4, 0.5) is 22.9 Å². The summed E-state index contributed by atoms with van der Waals surface area (Å²) in [5.41, 5.74) is 8.76. The Morgan fingerprint density at radius 2 is 2.26 bits per heavy atom. The van der Waals surface area contributed by atoms with Gasteiger partial charge in [-0.05, 0) is 36.6 Å². The molecule has 5 N–H and O–H groups in total. The molecule has 2 heterocycles. The van der Waals surface area contributed by atoms with Gasteiger partial charge in [-0.15, -0.1) is 0 Å². The first-order valence-electron chi connectivity index (χ1n) is 6.21. The Hall–Kier alpha value is -2.50. The number of hydrogen-bond acceptors (Lipinski definition) is 5. The predicted octanol–water partition coefficient (Wildman–Crippen LogP) is 1.45. The summed E-state index contributed by atoms with van der Waals surface area (Å²) < 4.78 is 0. The fraction of sp³-hybridized carbons (Fsp3) is 0.231. The van der Waals surface area contributed by atoms with Crippen molar-refractivity contribution in [3.8, 4) is 0 Å². The number of aromatic nitrogens is 2. The molecule has 0 fully saturated rings. The average molecular weight is 257 g/mol. The average Bonchev–Trinajstić information content (AvgIpc) is 2.44. The van der Waals surface area contributed by atoms with Crippen LogP contribution in [0.25, 0.3) is 0 Å². The molecule has 1 aromatic carbocycles. The Morgan fingerprint density at radius 1 is 1.37 bits per heavy atom. The summed E-state index contributed by atoms with van der Waals surface area (Å²) >= 11 is 0. The number of H-pyrrole nitrogens is 1. The van der Waals surface area contributed by atoms with Gasteiger partial charge in [0.15, 0.2) is 5.82 Å². The third-order valence-corrected chi connectivity index (χ3v) is 3.20. The molecule has 0 saturated carbocycles. The molecule has 1 aromatic heterocycles. The lowest BCUT2D eigenvalue weighted by molar-refractivity contribution is 0.830. The summed E-state index contributed by atoms with van der Waals surface area (Å²) in [5, 5.41) is 6.43. The van der Waals surface area contributed by atoms with E-state index < -0.39 is 0 Å². The number of nitrogens with one attached hydrogen (secondary N) is 3. The number of benzene rings is 1. The zero-order valence-corrected chi connectivity index (χ0v) is 10.4. The van der Waals surface area contributed by atoms with Crippen LogP contribution < -0.4 is 21.9 Å². The summed E-state index contributed by atoms with van der Waals surface area (Å²) in [6, 6.07) is 6.03. The van der Waals surface area contributed by atoms with E-state index in [9.17, 15) is 4.79 Å². The van der Waals surface area contributed by atoms with E-state index in [1.54, 1.807) is 0 Å². The van der Waals surface area contributed by atoms with Crippen LogP contribution in [0.2, 0.25) is 0 Å². The zero-order chi connectivity index (χ0) is 13.2. The number of hydrogen-bond donors (Lipinski definition) is 4. The maximum absolute atomic E-state index is 11.4. The van der Waals surface area contributed by atoms with Crippen LogP contribution in [-0.2, 0) is 6.42 Å². The van der Waals surface area contributed by atoms with Crippen molar-refractivity contribution in [1.29, 1.82) is 0 Å². The molecule has 1 aliphatic heterocycles. The molecule has 0 unspecified atom stereocenters. The molecule has 19 heavy (non-hydrogen) atoms. The van der Waals surface area contributed by atoms with Gasteiger partial charge in [-0.3, -0.25) is 4.79 Å². The van der Waals surface area contributed by atoms with Crippen LogP contribution in [0.1, 0.15) is 12.0 Å². The first-order chi connectivity index (χ1) is 9.24. The first-order valence-corrected chi connectivity index (χ1v) is 6.21. The summed E-state index contributed by atoms with van der Waals surface area (Å²) in [6.45, 7) is 1.02. The van der Waals surface area contributed by atoms with E-state index in [-0.39, 0.29) is 11.2 Å². The summed E-state index contributed by atoms with van der Waals surface area (Å²) in [4.78, 5) is 17.9. The van der Waals surface area contributed by atoms with Crippen LogP contribution >= 0.6 is 0 Å². The Balaban J connectivity index is 1.91. The predicted molar refractivity (Wildman–Crippen MR) is 75.8 cm³/mol. The fourth-order valence-corrected chi connectivity index (χ4v) is 2.20. The smallest absolute Gasteiger partial charge is 0.276 e. The van der Waals surface area contributed by atoms with Gasteiger partial charge in [0, 0.05) is 17.9 Å². The maximum atomic E-state index is 11.4. The van der Waals surface area contributed by atoms with Gasteiger partial charge in [0.05, 0.1) is 6.33 Å². The van der Waals surface area contributed by atoms with Crippen LogP contribution in [0.3, 0.4) is 0 Å². The zero-order valence-electron chi connectivity index (χ0n) is 10.4. The fourth-order valence-electron chi connectivity index (χ4n) is 2.20. The Labute approximate surface area is 110 Å². The lowest BCUT2D eigenvalue weighted by Crippen LogP contribution is -2.15. The molecular formula is C13H15N5O. The second-order valence-electron chi connectivity index (χ2n) is 4.52. The third-order valence-electron chi connectivity index (χ3n) is 3.20. The van der Waals surface area contributed by atoms with Gasteiger partial charge >= 0.3 is 0 Å². The topological polar surface area (TPSA) is 95.8 Å². The number of fused-ring (bicyclic) bond motifs is 1. The Bertz CT molecular complexity index is 664. The minimum atomic E-state index is -0.336. The van der Waals surface area contributed by atoms with Crippen molar-refractivity contribution < 1.29 is 0 Å². The lowest BCUT2D eigenvalue weighted by atomic mass is 10.0. The van der Waals surface area contributed by atoms with Gasteiger partial charge in [0.2, 0.25) is 0 Å². The third kappa shape index (κ3) is 2.24. The molecule has 98 valence electrons. The number of nitrogen functional groups attached to an aromatic ring is 1. The maximum Gasteiger partial charge on any atom is 0.276 e. The molecular weight excluding hydrogens is 242 g/mol. The molecule has 1 aliphatic rings. The molecule has 0 radical (unpaired) electrons. The van der Waals surface area contributed by atoms with E-state index in [1.165, 1.54) is 17.6 Å².